The van der Waals surface area contributed by atoms with Gasteiger partial charge in [0.15, 0.2) is 0 Å². The number of rotatable bonds is 7. The van der Waals surface area contributed by atoms with Gasteiger partial charge in [-0.15, -0.1) is 0 Å². The van der Waals surface area contributed by atoms with Gasteiger partial charge >= 0.3 is 0 Å². The second-order valence-electron chi connectivity index (χ2n) is 5.13. The van der Waals surface area contributed by atoms with Gasteiger partial charge in [0.25, 0.3) is 0 Å². The zero-order valence-corrected chi connectivity index (χ0v) is 10.5. The van der Waals surface area contributed by atoms with Crippen LogP contribution in [0.1, 0.15) is 65.2 Å². The van der Waals surface area contributed by atoms with Crippen LogP contribution in [-0.2, 0) is 9.59 Å². The lowest BCUT2D eigenvalue weighted by molar-refractivity contribution is -0.128. The van der Waals surface area contributed by atoms with E-state index in [1.54, 1.807) is 0 Å². The first-order valence-electron chi connectivity index (χ1n) is 6.43. The minimum Gasteiger partial charge on any atom is -0.296 e. The molecule has 0 radical (unpaired) electrons. The fourth-order valence-electron chi connectivity index (χ4n) is 2.25. The van der Waals surface area contributed by atoms with Gasteiger partial charge in [0.1, 0.15) is 0 Å². The van der Waals surface area contributed by atoms with E-state index in [1.807, 2.05) is 6.92 Å². The Balaban J connectivity index is 2.17. The molecule has 1 aliphatic rings. The molecule has 1 fully saturated rings. The average Bonchev–Trinajstić information content (AvgIpc) is 2.47. The molecule has 0 bridgehead atoms. The highest BCUT2D eigenvalue weighted by atomic mass is 16.2. The average molecular weight is 225 g/mol. The van der Waals surface area contributed by atoms with Crippen LogP contribution < -0.4 is 5.32 Å². The molecule has 3 heteroatoms. The lowest BCUT2D eigenvalue weighted by Gasteiger charge is -2.18. The molecular weight excluding hydrogens is 202 g/mol. The van der Waals surface area contributed by atoms with Crippen molar-refractivity contribution in [3.8, 4) is 0 Å². The molecule has 3 nitrogen and oxygen atoms in total. The quantitative estimate of drug-likeness (QED) is 0.535. The van der Waals surface area contributed by atoms with Gasteiger partial charge in [-0.3, -0.25) is 14.9 Å². The first-order chi connectivity index (χ1) is 7.58. The highest BCUT2D eigenvalue weighted by Crippen LogP contribution is 2.32. The minimum atomic E-state index is -0.429. The Morgan fingerprint density at radius 2 is 1.75 bits per heavy atom. The third-order valence-electron chi connectivity index (χ3n) is 3.43. The van der Waals surface area contributed by atoms with Crippen LogP contribution in [0.5, 0.6) is 0 Å². The number of carbonyl (C=O) groups excluding carboxylic acids is 2. The summed E-state index contributed by atoms with van der Waals surface area (Å²) in [6.45, 7) is 4.11. The molecule has 1 N–H and O–H groups in total. The second kappa shape index (κ2) is 6.02. The van der Waals surface area contributed by atoms with Gasteiger partial charge in [-0.2, -0.15) is 0 Å². The zero-order chi connectivity index (χ0) is 12.0. The predicted octanol–water partition coefficient (Wildman–Crippen LogP) is 2.79. The highest BCUT2D eigenvalue weighted by Gasteiger charge is 2.41. The number of imide groups is 1. The molecule has 0 aromatic carbocycles. The lowest BCUT2D eigenvalue weighted by Crippen LogP contribution is -2.28. The largest absolute Gasteiger partial charge is 0.296 e. The maximum Gasteiger partial charge on any atom is 0.233 e. The molecule has 0 aromatic rings. The van der Waals surface area contributed by atoms with Gasteiger partial charge in [-0.1, -0.05) is 52.4 Å². The molecule has 1 atom stereocenters. The van der Waals surface area contributed by atoms with Gasteiger partial charge in [0.05, 0.1) is 5.41 Å². The number of amides is 2. The van der Waals surface area contributed by atoms with Crippen LogP contribution in [0.3, 0.4) is 0 Å². The van der Waals surface area contributed by atoms with E-state index in [4.69, 9.17) is 0 Å². The van der Waals surface area contributed by atoms with E-state index in [0.717, 1.165) is 12.8 Å². The molecule has 1 aliphatic heterocycles. The maximum absolute atomic E-state index is 11.5. The molecule has 16 heavy (non-hydrogen) atoms. The molecule has 0 aliphatic carbocycles. The van der Waals surface area contributed by atoms with Gasteiger partial charge in [0.2, 0.25) is 11.8 Å². The lowest BCUT2D eigenvalue weighted by atomic mass is 9.83. The molecule has 2 amide bonds. The van der Waals surface area contributed by atoms with Crippen LogP contribution in [0.4, 0.5) is 0 Å². The molecule has 0 spiro atoms. The monoisotopic (exact) mass is 225 g/mol. The Morgan fingerprint density at radius 1 is 1.12 bits per heavy atom. The van der Waals surface area contributed by atoms with Crippen molar-refractivity contribution in [1.82, 2.24) is 5.32 Å². The SMILES string of the molecule is CCCCCCCCC1(C)CC(=O)NC1=O. The second-order valence-corrected chi connectivity index (χ2v) is 5.13. The van der Waals surface area contributed by atoms with Crippen LogP contribution in [0, 0.1) is 5.41 Å². The normalized spacial score (nSPS) is 24.9. The highest BCUT2D eigenvalue weighted by molar-refractivity contribution is 6.05. The molecule has 1 heterocycles. The van der Waals surface area contributed by atoms with E-state index in [1.165, 1.54) is 32.1 Å². The summed E-state index contributed by atoms with van der Waals surface area (Å²) >= 11 is 0. The fraction of sp³-hybridized carbons (Fsp3) is 0.846. The summed E-state index contributed by atoms with van der Waals surface area (Å²) in [6, 6.07) is 0. The first kappa shape index (κ1) is 13.2. The predicted molar refractivity (Wildman–Crippen MR) is 63.9 cm³/mol. The Kier molecular flexibility index (Phi) is 4.97. The van der Waals surface area contributed by atoms with Gasteiger partial charge < -0.3 is 0 Å². The van der Waals surface area contributed by atoms with Crippen molar-refractivity contribution in [2.45, 2.75) is 65.2 Å². The summed E-state index contributed by atoms with van der Waals surface area (Å²) in [7, 11) is 0. The Bertz CT molecular complexity index is 263. The van der Waals surface area contributed by atoms with Crippen LogP contribution >= 0.6 is 0 Å². The summed E-state index contributed by atoms with van der Waals surface area (Å²) in [5.41, 5.74) is -0.429. The van der Waals surface area contributed by atoms with Crippen LogP contribution in [0.15, 0.2) is 0 Å². The van der Waals surface area contributed by atoms with Crippen molar-refractivity contribution >= 4 is 11.8 Å². The minimum absolute atomic E-state index is 0.0777. The number of hydrogen-bond donors (Lipinski definition) is 1. The van der Waals surface area contributed by atoms with Crippen molar-refractivity contribution in [2.24, 2.45) is 5.41 Å². The van der Waals surface area contributed by atoms with E-state index >= 15 is 0 Å². The Hall–Kier alpha value is -0.860. The number of carbonyl (C=O) groups is 2. The molecule has 0 aromatic heterocycles. The van der Waals surface area contributed by atoms with Gasteiger partial charge in [-0.25, -0.2) is 0 Å². The molecule has 0 saturated carbocycles. The first-order valence-corrected chi connectivity index (χ1v) is 6.43. The number of nitrogens with one attached hydrogen (secondary N) is 1. The zero-order valence-electron chi connectivity index (χ0n) is 10.5. The summed E-state index contributed by atoms with van der Waals surface area (Å²) in [5, 5.41) is 2.39. The van der Waals surface area contributed by atoms with E-state index in [2.05, 4.69) is 12.2 Å². The van der Waals surface area contributed by atoms with E-state index in [9.17, 15) is 9.59 Å². The van der Waals surface area contributed by atoms with Crippen molar-refractivity contribution in [3.63, 3.8) is 0 Å². The summed E-state index contributed by atoms with van der Waals surface area (Å²) < 4.78 is 0. The third-order valence-corrected chi connectivity index (χ3v) is 3.43. The molecule has 1 unspecified atom stereocenters. The molecule has 1 rings (SSSR count). The van der Waals surface area contributed by atoms with Crippen molar-refractivity contribution < 1.29 is 9.59 Å². The van der Waals surface area contributed by atoms with Gasteiger partial charge in [0, 0.05) is 6.42 Å². The van der Waals surface area contributed by atoms with Crippen molar-refractivity contribution in [3.05, 3.63) is 0 Å². The fourth-order valence-corrected chi connectivity index (χ4v) is 2.25. The van der Waals surface area contributed by atoms with Crippen LogP contribution in [0.2, 0.25) is 0 Å². The Labute approximate surface area is 98.0 Å². The smallest absolute Gasteiger partial charge is 0.233 e. The van der Waals surface area contributed by atoms with Crippen LogP contribution in [-0.4, -0.2) is 11.8 Å². The summed E-state index contributed by atoms with van der Waals surface area (Å²) in [4.78, 5) is 22.7. The van der Waals surface area contributed by atoms with E-state index in [-0.39, 0.29) is 11.8 Å². The topological polar surface area (TPSA) is 46.2 Å². The molecular formula is C13H23NO2. The number of hydrogen-bond acceptors (Lipinski definition) is 2. The third kappa shape index (κ3) is 3.62. The van der Waals surface area contributed by atoms with Crippen LogP contribution in [0.25, 0.3) is 0 Å². The Morgan fingerprint density at radius 3 is 2.31 bits per heavy atom. The standard InChI is InChI=1S/C13H23NO2/c1-3-4-5-6-7-8-9-13(2)10-11(15)14-12(13)16/h3-10H2,1-2H3,(H,14,15,16). The van der Waals surface area contributed by atoms with Gasteiger partial charge in [-0.05, 0) is 6.42 Å². The maximum atomic E-state index is 11.5. The summed E-state index contributed by atoms with van der Waals surface area (Å²) in [6.07, 6.45) is 8.55. The van der Waals surface area contributed by atoms with Crippen molar-refractivity contribution in [1.29, 1.82) is 0 Å². The summed E-state index contributed by atoms with van der Waals surface area (Å²) in [5.74, 6) is -0.190. The van der Waals surface area contributed by atoms with E-state index < -0.39 is 5.41 Å². The molecule has 92 valence electrons. The molecule has 1 saturated heterocycles. The van der Waals surface area contributed by atoms with E-state index in [0.29, 0.717) is 6.42 Å². The number of unbranched alkanes of at least 4 members (excludes halogenated alkanes) is 5. The van der Waals surface area contributed by atoms with Crippen molar-refractivity contribution in [2.75, 3.05) is 0 Å².